The van der Waals surface area contributed by atoms with Gasteiger partial charge >= 0.3 is 0 Å². The largest absolute Gasteiger partial charge is 0.377 e. The molecule has 5 heteroatoms. The van der Waals surface area contributed by atoms with E-state index in [1.807, 2.05) is 20.8 Å². The van der Waals surface area contributed by atoms with Crippen LogP contribution in [-0.4, -0.2) is 25.2 Å². The van der Waals surface area contributed by atoms with Crippen LogP contribution in [0.3, 0.4) is 0 Å². The summed E-state index contributed by atoms with van der Waals surface area (Å²) in [6, 6.07) is 5.31. The fourth-order valence-corrected chi connectivity index (χ4v) is 1.43. The first-order chi connectivity index (χ1) is 8.39. The zero-order valence-electron chi connectivity index (χ0n) is 11.3. The molecule has 5 nitrogen and oxygen atoms in total. The van der Waals surface area contributed by atoms with Crippen LogP contribution < -0.4 is 16.6 Å². The van der Waals surface area contributed by atoms with E-state index in [9.17, 15) is 4.79 Å². The standard InChI is InChI=1S/C13H21N3O2/c1-9-7-10(5-6-11(9)16-14)12(17)15-8-13(2,3)18-4/h5-7,16H,8,14H2,1-4H3,(H,15,17). The lowest BCUT2D eigenvalue weighted by molar-refractivity contribution is 0.0229. The number of anilines is 1. The molecular formula is C13H21N3O2. The summed E-state index contributed by atoms with van der Waals surface area (Å²) in [7, 11) is 1.62. The van der Waals surface area contributed by atoms with Gasteiger partial charge in [-0.3, -0.25) is 10.6 Å². The Hall–Kier alpha value is -1.59. The van der Waals surface area contributed by atoms with Crippen LogP contribution in [0.15, 0.2) is 18.2 Å². The average Bonchev–Trinajstić information content (AvgIpc) is 2.36. The number of carbonyl (C=O) groups is 1. The number of aryl methyl sites for hydroxylation is 1. The molecule has 1 amide bonds. The van der Waals surface area contributed by atoms with Crippen LogP contribution in [0.25, 0.3) is 0 Å². The van der Waals surface area contributed by atoms with Gasteiger partial charge in [-0.05, 0) is 44.5 Å². The highest BCUT2D eigenvalue weighted by molar-refractivity contribution is 5.94. The van der Waals surface area contributed by atoms with Gasteiger partial charge in [0.25, 0.3) is 5.91 Å². The Labute approximate surface area is 108 Å². The molecule has 18 heavy (non-hydrogen) atoms. The highest BCUT2D eigenvalue weighted by Crippen LogP contribution is 2.15. The number of hydrogen-bond donors (Lipinski definition) is 3. The Morgan fingerprint density at radius 3 is 2.61 bits per heavy atom. The van der Waals surface area contributed by atoms with Crippen molar-refractivity contribution in [2.45, 2.75) is 26.4 Å². The van der Waals surface area contributed by atoms with Crippen molar-refractivity contribution in [3.05, 3.63) is 29.3 Å². The molecule has 0 unspecified atom stereocenters. The van der Waals surface area contributed by atoms with E-state index >= 15 is 0 Å². The van der Waals surface area contributed by atoms with Crippen molar-refractivity contribution in [1.82, 2.24) is 5.32 Å². The minimum Gasteiger partial charge on any atom is -0.377 e. The van der Waals surface area contributed by atoms with E-state index in [2.05, 4.69) is 10.7 Å². The molecule has 4 N–H and O–H groups in total. The van der Waals surface area contributed by atoms with Gasteiger partial charge in [-0.2, -0.15) is 0 Å². The van der Waals surface area contributed by atoms with Crippen LogP contribution >= 0.6 is 0 Å². The molecule has 0 aromatic heterocycles. The fourth-order valence-electron chi connectivity index (χ4n) is 1.43. The first-order valence-electron chi connectivity index (χ1n) is 5.80. The molecule has 0 saturated heterocycles. The van der Waals surface area contributed by atoms with Gasteiger partial charge in [-0.25, -0.2) is 0 Å². The Balaban J connectivity index is 2.71. The third-order valence-electron chi connectivity index (χ3n) is 2.87. The molecule has 0 atom stereocenters. The first kappa shape index (κ1) is 14.5. The minimum atomic E-state index is -0.372. The Morgan fingerprint density at radius 2 is 2.11 bits per heavy atom. The second-order valence-corrected chi connectivity index (χ2v) is 4.82. The summed E-state index contributed by atoms with van der Waals surface area (Å²) in [5.74, 6) is 5.22. The van der Waals surface area contributed by atoms with E-state index in [1.54, 1.807) is 25.3 Å². The molecule has 0 saturated carbocycles. The molecule has 0 fully saturated rings. The second kappa shape index (κ2) is 5.84. The summed E-state index contributed by atoms with van der Waals surface area (Å²) < 4.78 is 5.24. The molecular weight excluding hydrogens is 230 g/mol. The zero-order chi connectivity index (χ0) is 13.8. The molecule has 0 heterocycles. The SMILES string of the molecule is COC(C)(C)CNC(=O)c1ccc(NN)c(C)c1. The van der Waals surface area contributed by atoms with Gasteiger partial charge in [0.2, 0.25) is 0 Å². The fraction of sp³-hybridized carbons (Fsp3) is 0.462. The molecule has 0 aliphatic heterocycles. The van der Waals surface area contributed by atoms with Crippen molar-refractivity contribution < 1.29 is 9.53 Å². The average molecular weight is 251 g/mol. The third kappa shape index (κ3) is 3.72. The van der Waals surface area contributed by atoms with Crippen molar-refractivity contribution in [3.8, 4) is 0 Å². The smallest absolute Gasteiger partial charge is 0.251 e. The summed E-state index contributed by atoms with van der Waals surface area (Å²) >= 11 is 0. The Bertz CT molecular complexity index is 430. The number of ether oxygens (including phenoxy) is 1. The monoisotopic (exact) mass is 251 g/mol. The van der Waals surface area contributed by atoms with Crippen LogP contribution in [0.4, 0.5) is 5.69 Å². The summed E-state index contributed by atoms with van der Waals surface area (Å²) in [5, 5.41) is 2.84. The highest BCUT2D eigenvalue weighted by Gasteiger charge is 2.18. The van der Waals surface area contributed by atoms with Gasteiger partial charge in [0.1, 0.15) is 0 Å². The normalized spacial score (nSPS) is 11.2. The predicted octanol–water partition coefficient (Wildman–Crippen LogP) is 1.44. The minimum absolute atomic E-state index is 0.119. The van der Waals surface area contributed by atoms with E-state index in [-0.39, 0.29) is 11.5 Å². The first-order valence-corrected chi connectivity index (χ1v) is 5.80. The van der Waals surface area contributed by atoms with Gasteiger partial charge < -0.3 is 15.5 Å². The molecule has 0 spiro atoms. The number of benzene rings is 1. The number of rotatable bonds is 5. The lowest BCUT2D eigenvalue weighted by atomic mass is 10.1. The molecule has 1 aromatic rings. The number of methoxy groups -OCH3 is 1. The van der Waals surface area contributed by atoms with E-state index in [1.165, 1.54) is 0 Å². The maximum absolute atomic E-state index is 11.9. The molecule has 100 valence electrons. The molecule has 0 bridgehead atoms. The highest BCUT2D eigenvalue weighted by atomic mass is 16.5. The van der Waals surface area contributed by atoms with Gasteiger partial charge in [0.15, 0.2) is 0 Å². The molecule has 1 rings (SSSR count). The van der Waals surface area contributed by atoms with Crippen molar-refractivity contribution in [2.24, 2.45) is 5.84 Å². The van der Waals surface area contributed by atoms with E-state index < -0.39 is 0 Å². The Morgan fingerprint density at radius 1 is 1.44 bits per heavy atom. The number of hydrazine groups is 1. The van der Waals surface area contributed by atoms with E-state index in [4.69, 9.17) is 10.6 Å². The van der Waals surface area contributed by atoms with Crippen LogP contribution in [0.1, 0.15) is 29.8 Å². The van der Waals surface area contributed by atoms with Crippen molar-refractivity contribution >= 4 is 11.6 Å². The number of nitrogens with two attached hydrogens (primary N) is 1. The lowest BCUT2D eigenvalue weighted by Crippen LogP contribution is -2.39. The quantitative estimate of drug-likeness (QED) is 0.546. The van der Waals surface area contributed by atoms with Crippen LogP contribution in [0, 0.1) is 6.92 Å². The van der Waals surface area contributed by atoms with Crippen molar-refractivity contribution in [3.63, 3.8) is 0 Å². The number of amides is 1. The van der Waals surface area contributed by atoms with Crippen LogP contribution in [0.2, 0.25) is 0 Å². The van der Waals surface area contributed by atoms with Gasteiger partial charge in [-0.15, -0.1) is 0 Å². The molecule has 0 aliphatic rings. The summed E-state index contributed by atoms with van der Waals surface area (Å²) in [6.45, 7) is 6.18. The van der Waals surface area contributed by atoms with Gasteiger partial charge in [0, 0.05) is 19.2 Å². The number of nitrogen functional groups attached to an aromatic ring is 1. The van der Waals surface area contributed by atoms with Crippen LogP contribution in [0.5, 0.6) is 0 Å². The lowest BCUT2D eigenvalue weighted by Gasteiger charge is -2.23. The number of nitrogens with one attached hydrogen (secondary N) is 2. The Kier molecular flexibility index (Phi) is 4.69. The molecule has 0 aliphatic carbocycles. The van der Waals surface area contributed by atoms with Crippen molar-refractivity contribution in [2.75, 3.05) is 19.1 Å². The third-order valence-corrected chi connectivity index (χ3v) is 2.87. The summed E-state index contributed by atoms with van der Waals surface area (Å²) in [5.41, 5.74) is 4.55. The molecule has 1 aromatic carbocycles. The maximum Gasteiger partial charge on any atom is 0.251 e. The number of carbonyl (C=O) groups excluding carboxylic acids is 1. The van der Waals surface area contributed by atoms with Crippen LogP contribution in [-0.2, 0) is 4.74 Å². The summed E-state index contributed by atoms with van der Waals surface area (Å²) in [4.78, 5) is 11.9. The zero-order valence-corrected chi connectivity index (χ0v) is 11.3. The van der Waals surface area contributed by atoms with Gasteiger partial charge in [0.05, 0.1) is 11.3 Å². The van der Waals surface area contributed by atoms with Gasteiger partial charge in [-0.1, -0.05) is 0 Å². The predicted molar refractivity (Wildman–Crippen MR) is 72.4 cm³/mol. The topological polar surface area (TPSA) is 76.4 Å². The van der Waals surface area contributed by atoms with E-state index in [0.717, 1.165) is 11.3 Å². The van der Waals surface area contributed by atoms with E-state index in [0.29, 0.717) is 12.1 Å². The second-order valence-electron chi connectivity index (χ2n) is 4.82. The molecule has 0 radical (unpaired) electrons. The van der Waals surface area contributed by atoms with Crippen molar-refractivity contribution in [1.29, 1.82) is 0 Å². The maximum atomic E-state index is 11.9. The summed E-state index contributed by atoms with van der Waals surface area (Å²) in [6.07, 6.45) is 0. The number of hydrogen-bond acceptors (Lipinski definition) is 4.